The van der Waals surface area contributed by atoms with E-state index in [1.807, 2.05) is 36.6 Å². The zero-order valence-electron chi connectivity index (χ0n) is 11.2. The number of carbonyl (C=O) groups is 1. The molecule has 1 unspecified atom stereocenters. The van der Waals surface area contributed by atoms with Crippen LogP contribution < -0.4 is 10.6 Å². The Morgan fingerprint density at radius 1 is 1.42 bits per heavy atom. The highest BCUT2D eigenvalue weighted by Gasteiger charge is 2.19. The molecule has 3 nitrogen and oxygen atoms in total. The van der Waals surface area contributed by atoms with Gasteiger partial charge in [0.05, 0.1) is 0 Å². The Bertz CT molecular complexity index is 445. The highest BCUT2D eigenvalue weighted by Crippen LogP contribution is 2.26. The summed E-state index contributed by atoms with van der Waals surface area (Å²) in [4.78, 5) is 12.2. The monoisotopic (exact) mass is 276 g/mol. The Balaban J connectivity index is 1.92. The first-order valence-electron chi connectivity index (χ1n) is 6.55. The van der Waals surface area contributed by atoms with Crippen LogP contribution in [0.3, 0.4) is 0 Å². The van der Waals surface area contributed by atoms with Crippen molar-refractivity contribution in [3.63, 3.8) is 0 Å². The summed E-state index contributed by atoms with van der Waals surface area (Å²) in [5.74, 6) is 0.0955. The van der Waals surface area contributed by atoms with Gasteiger partial charge in [0.25, 0.3) is 0 Å². The molecule has 0 aliphatic carbocycles. The van der Waals surface area contributed by atoms with Crippen molar-refractivity contribution in [2.24, 2.45) is 0 Å². The second-order valence-electron chi connectivity index (χ2n) is 4.56. The minimum Gasteiger partial charge on any atom is -0.351 e. The normalized spacial score (nSPS) is 16.6. The van der Waals surface area contributed by atoms with Gasteiger partial charge in [0, 0.05) is 13.1 Å². The average Bonchev–Trinajstić information content (AvgIpc) is 2.48. The van der Waals surface area contributed by atoms with Crippen LogP contribution in [0.15, 0.2) is 42.0 Å². The minimum atomic E-state index is -0.122. The van der Waals surface area contributed by atoms with E-state index < -0.39 is 0 Å². The third-order valence-corrected chi connectivity index (χ3v) is 4.18. The molecule has 1 aliphatic rings. The van der Waals surface area contributed by atoms with Gasteiger partial charge in [-0.15, -0.1) is 11.8 Å². The van der Waals surface area contributed by atoms with E-state index >= 15 is 0 Å². The molecule has 0 radical (unpaired) electrons. The largest absolute Gasteiger partial charge is 0.351 e. The van der Waals surface area contributed by atoms with Crippen LogP contribution in [0, 0.1) is 0 Å². The number of hydrogen-bond donors (Lipinski definition) is 2. The first-order chi connectivity index (χ1) is 9.31. The minimum absolute atomic E-state index is 0.0955. The molecule has 1 atom stereocenters. The third kappa shape index (κ3) is 4.11. The van der Waals surface area contributed by atoms with Crippen molar-refractivity contribution in [3.8, 4) is 0 Å². The summed E-state index contributed by atoms with van der Waals surface area (Å²) >= 11 is 1.57. The van der Waals surface area contributed by atoms with Gasteiger partial charge in [-0.25, -0.2) is 0 Å². The lowest BCUT2D eigenvalue weighted by atomic mass is 10.1. The summed E-state index contributed by atoms with van der Waals surface area (Å²) in [6.07, 6.45) is 5.16. The summed E-state index contributed by atoms with van der Waals surface area (Å²) in [6.45, 7) is 2.59. The molecule has 102 valence electrons. The standard InChI is InChI=1S/C15H20N2OS/c1-19-14(13-5-3-2-4-6-13)15(18)17-11-12-7-9-16-10-8-12/h2-7,14,16H,8-11H2,1H3,(H,17,18). The second kappa shape index (κ2) is 7.36. The first-order valence-corrected chi connectivity index (χ1v) is 7.84. The lowest BCUT2D eigenvalue weighted by molar-refractivity contribution is -0.120. The summed E-state index contributed by atoms with van der Waals surface area (Å²) in [5, 5.41) is 6.19. The van der Waals surface area contributed by atoms with Crippen LogP contribution in [0.4, 0.5) is 0 Å². The lowest BCUT2D eigenvalue weighted by Gasteiger charge is -2.18. The van der Waals surface area contributed by atoms with E-state index in [2.05, 4.69) is 16.7 Å². The molecular weight excluding hydrogens is 256 g/mol. The van der Waals surface area contributed by atoms with E-state index in [1.54, 1.807) is 11.8 Å². The van der Waals surface area contributed by atoms with Crippen LogP contribution in [0.2, 0.25) is 0 Å². The van der Waals surface area contributed by atoms with Crippen molar-refractivity contribution < 1.29 is 4.79 Å². The van der Waals surface area contributed by atoms with Crippen molar-refractivity contribution in [3.05, 3.63) is 47.5 Å². The Morgan fingerprint density at radius 2 is 2.21 bits per heavy atom. The maximum Gasteiger partial charge on any atom is 0.237 e. The Hall–Kier alpha value is -1.26. The van der Waals surface area contributed by atoms with Crippen molar-refractivity contribution in [1.82, 2.24) is 10.6 Å². The molecule has 19 heavy (non-hydrogen) atoms. The van der Waals surface area contributed by atoms with Crippen LogP contribution in [0.5, 0.6) is 0 Å². The van der Waals surface area contributed by atoms with E-state index in [0.717, 1.165) is 25.1 Å². The van der Waals surface area contributed by atoms with Gasteiger partial charge in [-0.05, 0) is 24.8 Å². The zero-order valence-corrected chi connectivity index (χ0v) is 12.0. The number of amides is 1. The van der Waals surface area contributed by atoms with Crippen LogP contribution in [0.25, 0.3) is 0 Å². The van der Waals surface area contributed by atoms with Gasteiger partial charge < -0.3 is 10.6 Å². The molecule has 1 amide bonds. The number of benzene rings is 1. The van der Waals surface area contributed by atoms with Crippen LogP contribution in [0.1, 0.15) is 17.2 Å². The summed E-state index contributed by atoms with van der Waals surface area (Å²) in [7, 11) is 0. The van der Waals surface area contributed by atoms with Gasteiger partial charge in [-0.2, -0.15) is 0 Å². The van der Waals surface area contributed by atoms with Gasteiger partial charge in [0.2, 0.25) is 5.91 Å². The number of carbonyl (C=O) groups excluding carboxylic acids is 1. The molecular formula is C15H20N2OS. The van der Waals surface area contributed by atoms with Gasteiger partial charge in [-0.3, -0.25) is 4.79 Å². The van der Waals surface area contributed by atoms with Crippen LogP contribution in [-0.4, -0.2) is 31.8 Å². The van der Waals surface area contributed by atoms with E-state index in [0.29, 0.717) is 6.54 Å². The van der Waals surface area contributed by atoms with Crippen LogP contribution >= 0.6 is 11.8 Å². The maximum absolute atomic E-state index is 12.2. The zero-order chi connectivity index (χ0) is 13.5. The third-order valence-electron chi connectivity index (χ3n) is 3.22. The fourth-order valence-corrected chi connectivity index (χ4v) is 2.87. The molecule has 0 saturated heterocycles. The number of nitrogens with one attached hydrogen (secondary N) is 2. The van der Waals surface area contributed by atoms with Crippen molar-refractivity contribution >= 4 is 17.7 Å². The molecule has 1 aliphatic heterocycles. The molecule has 2 N–H and O–H groups in total. The summed E-state index contributed by atoms with van der Waals surface area (Å²) < 4.78 is 0. The fraction of sp³-hybridized carbons (Fsp3) is 0.400. The molecule has 1 heterocycles. The Kier molecular flexibility index (Phi) is 5.48. The first kappa shape index (κ1) is 14.2. The van der Waals surface area contributed by atoms with E-state index in [4.69, 9.17) is 0 Å². The Morgan fingerprint density at radius 3 is 2.84 bits per heavy atom. The van der Waals surface area contributed by atoms with Gasteiger partial charge in [0.1, 0.15) is 5.25 Å². The number of thioether (sulfide) groups is 1. The highest BCUT2D eigenvalue weighted by molar-refractivity contribution is 7.99. The molecule has 0 spiro atoms. The smallest absolute Gasteiger partial charge is 0.237 e. The van der Waals surface area contributed by atoms with Crippen LogP contribution in [-0.2, 0) is 4.79 Å². The van der Waals surface area contributed by atoms with Gasteiger partial charge in [-0.1, -0.05) is 42.0 Å². The number of hydrogen-bond acceptors (Lipinski definition) is 3. The van der Waals surface area contributed by atoms with E-state index in [1.165, 1.54) is 5.57 Å². The predicted octanol–water partition coefficient (Wildman–Crippen LogP) is 2.13. The average molecular weight is 276 g/mol. The Labute approximate surface area is 118 Å². The predicted molar refractivity (Wildman–Crippen MR) is 81.3 cm³/mol. The molecule has 1 aromatic carbocycles. The van der Waals surface area contributed by atoms with E-state index in [9.17, 15) is 4.79 Å². The van der Waals surface area contributed by atoms with Crippen molar-refractivity contribution in [2.45, 2.75) is 11.7 Å². The summed E-state index contributed by atoms with van der Waals surface area (Å²) in [6, 6.07) is 9.93. The molecule has 1 aromatic rings. The fourth-order valence-electron chi connectivity index (χ4n) is 2.15. The second-order valence-corrected chi connectivity index (χ2v) is 5.50. The van der Waals surface area contributed by atoms with Crippen molar-refractivity contribution in [1.29, 1.82) is 0 Å². The number of rotatable bonds is 5. The quantitative estimate of drug-likeness (QED) is 0.810. The highest BCUT2D eigenvalue weighted by atomic mass is 32.2. The summed E-state index contributed by atoms with van der Waals surface area (Å²) in [5.41, 5.74) is 2.38. The molecule has 0 saturated carbocycles. The van der Waals surface area contributed by atoms with Crippen molar-refractivity contribution in [2.75, 3.05) is 25.9 Å². The molecule has 0 aromatic heterocycles. The van der Waals surface area contributed by atoms with Gasteiger partial charge in [0.15, 0.2) is 0 Å². The van der Waals surface area contributed by atoms with E-state index in [-0.39, 0.29) is 11.2 Å². The molecule has 0 bridgehead atoms. The molecule has 4 heteroatoms. The van der Waals surface area contributed by atoms with Gasteiger partial charge >= 0.3 is 0 Å². The molecule has 2 rings (SSSR count). The maximum atomic E-state index is 12.2. The lowest BCUT2D eigenvalue weighted by Crippen LogP contribution is -2.32. The topological polar surface area (TPSA) is 41.1 Å². The molecule has 0 fully saturated rings. The SMILES string of the molecule is CSC(C(=O)NCC1=CCNCC1)c1ccccc1.